The lowest BCUT2D eigenvalue weighted by atomic mass is 10.2. The number of nitrogens with one attached hydrogen (secondary N) is 1. The smallest absolute Gasteiger partial charge is 0.251 e. The number of anilines is 1. The third-order valence-electron chi connectivity index (χ3n) is 3.78. The zero-order chi connectivity index (χ0) is 17.8. The summed E-state index contributed by atoms with van der Waals surface area (Å²) in [5.41, 5.74) is 2.63. The molecule has 3 rings (SSSR count). The Kier molecular flexibility index (Phi) is 5.09. The third-order valence-corrected chi connectivity index (χ3v) is 4.04. The second-order valence-corrected chi connectivity index (χ2v) is 6.16. The monoisotopic (exact) mass is 355 g/mol. The fourth-order valence-electron chi connectivity index (χ4n) is 2.47. The van der Waals surface area contributed by atoms with Crippen molar-refractivity contribution in [1.82, 2.24) is 20.2 Å². The highest BCUT2D eigenvalue weighted by molar-refractivity contribution is 6.30. The summed E-state index contributed by atoms with van der Waals surface area (Å²) < 4.78 is 0. The Balaban J connectivity index is 1.79. The van der Waals surface area contributed by atoms with Crippen molar-refractivity contribution in [2.75, 3.05) is 5.32 Å². The van der Waals surface area contributed by atoms with Crippen LogP contribution in [0.2, 0.25) is 5.02 Å². The number of hydrogen-bond donors (Lipinski definition) is 1. The van der Waals surface area contributed by atoms with Gasteiger partial charge in [0.25, 0.3) is 5.91 Å². The molecule has 0 radical (unpaired) electrons. The van der Waals surface area contributed by atoms with E-state index in [1.165, 1.54) is 4.80 Å². The van der Waals surface area contributed by atoms with E-state index in [1.807, 2.05) is 50.2 Å². The summed E-state index contributed by atoms with van der Waals surface area (Å²) in [5.74, 6) is 0.284. The molecule has 6 nitrogen and oxygen atoms in total. The first-order valence-corrected chi connectivity index (χ1v) is 8.37. The molecule has 7 heteroatoms. The fraction of sp³-hybridized carbons (Fsp3) is 0.222. The number of carbonyl (C=O) groups excluding carboxylic acids is 1. The number of amides is 1. The second-order valence-electron chi connectivity index (χ2n) is 5.72. The first kappa shape index (κ1) is 17.1. The van der Waals surface area contributed by atoms with E-state index < -0.39 is 6.04 Å². The van der Waals surface area contributed by atoms with Gasteiger partial charge in [-0.25, -0.2) is 0 Å². The molecule has 1 N–H and O–H groups in total. The summed E-state index contributed by atoms with van der Waals surface area (Å²) in [6.07, 6.45) is 0.550. The van der Waals surface area contributed by atoms with Crippen LogP contribution < -0.4 is 5.32 Å². The van der Waals surface area contributed by atoms with Crippen molar-refractivity contribution in [2.24, 2.45) is 0 Å². The molecule has 0 bridgehead atoms. The minimum Gasteiger partial charge on any atom is -0.324 e. The summed E-state index contributed by atoms with van der Waals surface area (Å²) in [6, 6.07) is 14.3. The molecule has 0 fully saturated rings. The van der Waals surface area contributed by atoms with Crippen LogP contribution in [0.1, 0.15) is 24.9 Å². The molecule has 0 aliphatic heterocycles. The van der Waals surface area contributed by atoms with Gasteiger partial charge >= 0.3 is 0 Å². The Bertz CT molecular complexity index is 875. The number of aryl methyl sites for hydroxylation is 1. The van der Waals surface area contributed by atoms with Gasteiger partial charge in [-0.3, -0.25) is 4.79 Å². The van der Waals surface area contributed by atoms with E-state index in [4.69, 9.17) is 11.6 Å². The maximum atomic E-state index is 12.6. The maximum absolute atomic E-state index is 12.6. The predicted molar refractivity (Wildman–Crippen MR) is 97.4 cm³/mol. The van der Waals surface area contributed by atoms with Crippen molar-refractivity contribution in [1.29, 1.82) is 0 Å². The molecule has 1 heterocycles. The lowest BCUT2D eigenvalue weighted by Gasteiger charge is -2.13. The Labute approximate surface area is 150 Å². The number of aromatic nitrogens is 4. The zero-order valence-electron chi connectivity index (χ0n) is 14.0. The molecule has 1 amide bonds. The average molecular weight is 356 g/mol. The van der Waals surface area contributed by atoms with Gasteiger partial charge in [0.2, 0.25) is 5.82 Å². The summed E-state index contributed by atoms with van der Waals surface area (Å²) >= 11 is 5.89. The van der Waals surface area contributed by atoms with Crippen LogP contribution in [0.15, 0.2) is 48.5 Å². The van der Waals surface area contributed by atoms with Crippen molar-refractivity contribution in [3.63, 3.8) is 0 Å². The molecular weight excluding hydrogens is 338 g/mol. The number of hydrogen-bond acceptors (Lipinski definition) is 4. The summed E-state index contributed by atoms with van der Waals surface area (Å²) in [4.78, 5) is 13.9. The quantitative estimate of drug-likeness (QED) is 0.753. The van der Waals surface area contributed by atoms with E-state index in [-0.39, 0.29) is 5.91 Å². The molecule has 0 saturated carbocycles. The summed E-state index contributed by atoms with van der Waals surface area (Å²) in [6.45, 7) is 3.89. The van der Waals surface area contributed by atoms with Gasteiger partial charge in [0.1, 0.15) is 0 Å². The van der Waals surface area contributed by atoms with Crippen LogP contribution in [0.4, 0.5) is 5.69 Å². The summed E-state index contributed by atoms with van der Waals surface area (Å²) in [7, 11) is 0. The molecule has 25 heavy (non-hydrogen) atoms. The number of benzene rings is 2. The Morgan fingerprint density at radius 3 is 2.68 bits per heavy atom. The van der Waals surface area contributed by atoms with E-state index in [2.05, 4.69) is 20.7 Å². The minimum atomic E-state index is -0.533. The average Bonchev–Trinajstić information content (AvgIpc) is 3.06. The van der Waals surface area contributed by atoms with E-state index in [1.54, 1.807) is 12.1 Å². The molecule has 128 valence electrons. The van der Waals surface area contributed by atoms with Crippen molar-refractivity contribution in [3.8, 4) is 11.4 Å². The van der Waals surface area contributed by atoms with E-state index in [9.17, 15) is 4.79 Å². The van der Waals surface area contributed by atoms with Crippen LogP contribution in [0.25, 0.3) is 11.4 Å². The largest absolute Gasteiger partial charge is 0.324 e. The summed E-state index contributed by atoms with van der Waals surface area (Å²) in [5, 5.41) is 16.0. The topological polar surface area (TPSA) is 72.7 Å². The SMILES string of the molecule is CCC(C(=O)Nc1cccc(C)c1)n1nnc(-c2ccc(Cl)cc2)n1. The van der Waals surface area contributed by atoms with Gasteiger partial charge in [-0.1, -0.05) is 30.7 Å². The van der Waals surface area contributed by atoms with Crippen molar-refractivity contribution in [3.05, 3.63) is 59.1 Å². The number of rotatable bonds is 5. The van der Waals surface area contributed by atoms with Crippen molar-refractivity contribution < 1.29 is 4.79 Å². The third kappa shape index (κ3) is 4.03. The van der Waals surface area contributed by atoms with E-state index in [0.717, 1.165) is 16.8 Å². The maximum Gasteiger partial charge on any atom is 0.251 e. The Hall–Kier alpha value is -2.73. The van der Waals surface area contributed by atoms with Crippen LogP contribution in [0.5, 0.6) is 0 Å². The highest BCUT2D eigenvalue weighted by Gasteiger charge is 2.22. The van der Waals surface area contributed by atoms with Gasteiger partial charge in [-0.15, -0.1) is 10.2 Å². The van der Waals surface area contributed by atoms with E-state index >= 15 is 0 Å². The Morgan fingerprint density at radius 1 is 1.24 bits per heavy atom. The van der Waals surface area contributed by atoms with Gasteiger partial charge in [0.05, 0.1) is 0 Å². The molecule has 2 aromatic carbocycles. The van der Waals surface area contributed by atoms with Gasteiger partial charge in [0, 0.05) is 16.3 Å². The normalized spacial score (nSPS) is 12.0. The van der Waals surface area contributed by atoms with Crippen LogP contribution >= 0.6 is 11.6 Å². The number of tetrazole rings is 1. The molecule has 1 aromatic heterocycles. The van der Waals surface area contributed by atoms with Crippen LogP contribution in [-0.2, 0) is 4.79 Å². The molecular formula is C18H18ClN5O. The predicted octanol–water partition coefficient (Wildman–Crippen LogP) is 3.89. The number of nitrogens with zero attached hydrogens (tertiary/aromatic N) is 4. The molecule has 0 saturated heterocycles. The number of carbonyl (C=O) groups is 1. The molecule has 1 unspecified atom stereocenters. The molecule has 3 aromatic rings. The van der Waals surface area contributed by atoms with Crippen LogP contribution in [0.3, 0.4) is 0 Å². The van der Waals surface area contributed by atoms with Gasteiger partial charge in [-0.2, -0.15) is 4.80 Å². The van der Waals surface area contributed by atoms with Crippen LogP contribution in [-0.4, -0.2) is 26.1 Å². The van der Waals surface area contributed by atoms with Gasteiger partial charge < -0.3 is 5.32 Å². The highest BCUT2D eigenvalue weighted by atomic mass is 35.5. The van der Waals surface area contributed by atoms with Gasteiger partial charge in [-0.05, 0) is 60.5 Å². The standard InChI is InChI=1S/C18H18ClN5O/c1-3-16(18(25)20-15-6-4-5-12(2)11-15)24-22-17(21-23-24)13-7-9-14(19)10-8-13/h4-11,16H,3H2,1-2H3,(H,20,25). The molecule has 0 spiro atoms. The highest BCUT2D eigenvalue weighted by Crippen LogP contribution is 2.19. The molecule has 0 aliphatic carbocycles. The fourth-order valence-corrected chi connectivity index (χ4v) is 2.60. The Morgan fingerprint density at radius 2 is 2.00 bits per heavy atom. The zero-order valence-corrected chi connectivity index (χ0v) is 14.7. The van der Waals surface area contributed by atoms with Gasteiger partial charge in [0.15, 0.2) is 6.04 Å². The first-order valence-electron chi connectivity index (χ1n) is 8.00. The molecule has 1 atom stereocenters. The lowest BCUT2D eigenvalue weighted by Crippen LogP contribution is -2.27. The van der Waals surface area contributed by atoms with Crippen molar-refractivity contribution >= 4 is 23.2 Å². The molecule has 0 aliphatic rings. The van der Waals surface area contributed by atoms with Crippen molar-refractivity contribution in [2.45, 2.75) is 26.3 Å². The van der Waals surface area contributed by atoms with Crippen LogP contribution in [0, 0.1) is 6.92 Å². The first-order chi connectivity index (χ1) is 12.1. The number of halogens is 1. The lowest BCUT2D eigenvalue weighted by molar-refractivity contribution is -0.119. The second kappa shape index (κ2) is 7.44. The minimum absolute atomic E-state index is 0.173. The van der Waals surface area contributed by atoms with E-state index in [0.29, 0.717) is 17.3 Å².